The molecule has 4 aliphatic rings. The Labute approximate surface area is 318 Å². The highest BCUT2D eigenvalue weighted by Crippen LogP contribution is 2.63. The van der Waals surface area contributed by atoms with E-state index in [1.807, 2.05) is 0 Å². The molecule has 1 nitrogen and oxygen atoms in total. The van der Waals surface area contributed by atoms with E-state index in [2.05, 4.69) is 208 Å². The van der Waals surface area contributed by atoms with Gasteiger partial charge in [0.1, 0.15) is 0 Å². The van der Waals surface area contributed by atoms with E-state index >= 15 is 0 Å². The van der Waals surface area contributed by atoms with Crippen molar-refractivity contribution in [3.8, 4) is 33.4 Å². The third-order valence-electron chi connectivity index (χ3n) is 13.0. The van der Waals surface area contributed by atoms with Gasteiger partial charge in [0.25, 0.3) is 0 Å². The first-order valence-electron chi connectivity index (χ1n) is 19.4. The van der Waals surface area contributed by atoms with E-state index in [1.54, 1.807) is 0 Å². The highest BCUT2D eigenvalue weighted by atomic mass is 15.2. The molecule has 0 amide bonds. The van der Waals surface area contributed by atoms with Gasteiger partial charge in [-0.05, 0) is 108 Å². The lowest BCUT2D eigenvalue weighted by molar-refractivity contribution is 0.609. The van der Waals surface area contributed by atoms with E-state index < -0.39 is 5.41 Å². The van der Waals surface area contributed by atoms with Crippen LogP contribution in [0.1, 0.15) is 59.7 Å². The highest BCUT2D eigenvalue weighted by Gasteiger charge is 2.51. The summed E-state index contributed by atoms with van der Waals surface area (Å²) in [5.41, 5.74) is 20.8. The zero-order chi connectivity index (χ0) is 36.2. The van der Waals surface area contributed by atoms with Crippen molar-refractivity contribution in [2.75, 3.05) is 4.90 Å². The minimum atomic E-state index is -0.392. The summed E-state index contributed by atoms with van der Waals surface area (Å²) in [6.45, 7) is 7.15. The Morgan fingerprint density at radius 1 is 0.444 bits per heavy atom. The Morgan fingerprint density at radius 3 is 1.44 bits per heavy atom. The van der Waals surface area contributed by atoms with Crippen LogP contribution in [0, 0.1) is 5.92 Å². The summed E-state index contributed by atoms with van der Waals surface area (Å²) in [5, 5.41) is 0. The van der Waals surface area contributed by atoms with Crippen LogP contribution in [0.4, 0.5) is 11.4 Å². The van der Waals surface area contributed by atoms with Gasteiger partial charge in [-0.25, -0.2) is 0 Å². The molecule has 0 aliphatic heterocycles. The van der Waals surface area contributed by atoms with Gasteiger partial charge in [0, 0.05) is 16.8 Å². The topological polar surface area (TPSA) is 3.24 Å². The first-order valence-corrected chi connectivity index (χ1v) is 19.4. The number of anilines is 2. The van der Waals surface area contributed by atoms with Crippen LogP contribution in [0.3, 0.4) is 0 Å². The fraction of sp³-hybridized carbons (Fsp3) is 0.132. The number of hydrogen-bond donors (Lipinski definition) is 0. The zero-order valence-electron chi connectivity index (χ0n) is 30.9. The molecule has 0 radical (unpaired) electrons. The summed E-state index contributed by atoms with van der Waals surface area (Å²) in [4.78, 5) is 2.63. The largest absolute Gasteiger partial charge is 0.334 e. The van der Waals surface area contributed by atoms with Crippen LogP contribution in [-0.4, -0.2) is 6.04 Å². The molecule has 0 bridgehead atoms. The summed E-state index contributed by atoms with van der Waals surface area (Å²) >= 11 is 0. The van der Waals surface area contributed by atoms with Crippen molar-refractivity contribution < 1.29 is 0 Å². The minimum Gasteiger partial charge on any atom is -0.334 e. The van der Waals surface area contributed by atoms with Crippen molar-refractivity contribution in [1.29, 1.82) is 0 Å². The molecule has 2 unspecified atom stereocenters. The van der Waals surface area contributed by atoms with Crippen LogP contribution < -0.4 is 4.90 Å². The number of allylic oxidation sites excluding steroid dienone is 2. The van der Waals surface area contributed by atoms with Crippen LogP contribution in [0.5, 0.6) is 0 Å². The van der Waals surface area contributed by atoms with Crippen LogP contribution in [0.2, 0.25) is 0 Å². The van der Waals surface area contributed by atoms with Crippen LogP contribution in [0.15, 0.2) is 182 Å². The van der Waals surface area contributed by atoms with Crippen molar-refractivity contribution in [2.45, 2.75) is 37.6 Å². The molecule has 7 aromatic rings. The second kappa shape index (κ2) is 11.4. The molecule has 2 atom stereocenters. The Morgan fingerprint density at radius 2 is 0.889 bits per heavy atom. The molecule has 0 aromatic heterocycles. The van der Waals surface area contributed by atoms with Crippen molar-refractivity contribution >= 4 is 16.9 Å². The third-order valence-corrected chi connectivity index (χ3v) is 13.0. The zero-order valence-corrected chi connectivity index (χ0v) is 30.9. The van der Waals surface area contributed by atoms with Crippen molar-refractivity contribution in [3.05, 3.63) is 221 Å². The third kappa shape index (κ3) is 4.16. The molecule has 4 aliphatic carbocycles. The van der Waals surface area contributed by atoms with E-state index in [9.17, 15) is 0 Å². The number of nitrogens with zero attached hydrogens (tertiary/aromatic N) is 1. The second-order valence-corrected chi connectivity index (χ2v) is 16.1. The molecular formula is C53H41N. The van der Waals surface area contributed by atoms with Crippen molar-refractivity contribution in [2.24, 2.45) is 5.92 Å². The number of rotatable bonds is 4. The Balaban J connectivity index is 1.14. The standard InChI is InChI=1S/C53H41N/c1-34-31-36(35-15-5-4-6-16-35)25-30-51(34)54(37-26-28-43-39-17-7-11-21-45(39)52(2,3)49(43)32-37)38-27-29-44-42-20-10-14-24-48(42)53(50(44)33-38)46-22-12-8-18-40(46)41-19-9-13-23-47(41)53/h4-34,51H,1-3H3. The molecule has 0 saturated heterocycles. The average Bonchev–Trinajstić information content (AvgIpc) is 3.77. The Hall–Kier alpha value is -6.18. The first-order chi connectivity index (χ1) is 26.5. The number of benzene rings is 7. The summed E-state index contributed by atoms with van der Waals surface area (Å²) in [6.07, 6.45) is 7.25. The van der Waals surface area contributed by atoms with Gasteiger partial charge in [-0.2, -0.15) is 0 Å². The first kappa shape index (κ1) is 31.4. The summed E-state index contributed by atoms with van der Waals surface area (Å²) < 4.78 is 0. The average molecular weight is 692 g/mol. The van der Waals surface area contributed by atoms with Gasteiger partial charge in [0.05, 0.1) is 11.5 Å². The van der Waals surface area contributed by atoms with E-state index in [0.29, 0.717) is 0 Å². The maximum atomic E-state index is 2.63. The number of hydrogen-bond acceptors (Lipinski definition) is 1. The molecule has 0 saturated carbocycles. The SMILES string of the molecule is CC1C=C(c2ccccc2)C=CC1N(c1ccc2c(c1)C(C)(C)c1ccccc1-2)c1ccc2c(c1)C1(c3ccccc3-c3ccccc31)c1ccccc1-2. The predicted molar refractivity (Wildman–Crippen MR) is 225 cm³/mol. The van der Waals surface area contributed by atoms with Crippen molar-refractivity contribution in [3.63, 3.8) is 0 Å². The highest BCUT2D eigenvalue weighted by molar-refractivity contribution is 5.96. The lowest BCUT2D eigenvalue weighted by atomic mass is 9.70. The fourth-order valence-corrected chi connectivity index (χ4v) is 10.5. The van der Waals surface area contributed by atoms with E-state index in [-0.39, 0.29) is 17.4 Å². The number of fused-ring (bicyclic) bond motifs is 13. The molecule has 11 rings (SSSR count). The lowest BCUT2D eigenvalue weighted by Gasteiger charge is -2.38. The molecule has 0 heterocycles. The molecule has 0 N–H and O–H groups in total. The maximum Gasteiger partial charge on any atom is 0.0726 e. The summed E-state index contributed by atoms with van der Waals surface area (Å²) in [7, 11) is 0. The predicted octanol–water partition coefficient (Wildman–Crippen LogP) is 13.1. The van der Waals surface area contributed by atoms with E-state index in [4.69, 9.17) is 0 Å². The monoisotopic (exact) mass is 691 g/mol. The summed E-state index contributed by atoms with van der Waals surface area (Å²) in [5.74, 6) is 0.260. The molecular weight excluding hydrogens is 651 g/mol. The van der Waals surface area contributed by atoms with Gasteiger partial charge in [0.2, 0.25) is 0 Å². The molecule has 258 valence electrons. The van der Waals surface area contributed by atoms with Crippen molar-refractivity contribution in [1.82, 2.24) is 0 Å². The van der Waals surface area contributed by atoms with E-state index in [1.165, 1.54) is 89.3 Å². The lowest BCUT2D eigenvalue weighted by Crippen LogP contribution is -2.36. The minimum absolute atomic E-state index is 0.0943. The maximum absolute atomic E-state index is 2.63. The molecule has 0 fully saturated rings. The molecule has 1 spiro atoms. The normalized spacial score (nSPS) is 18.6. The molecule has 1 heteroatoms. The smallest absolute Gasteiger partial charge is 0.0726 e. The molecule has 7 aromatic carbocycles. The van der Waals surface area contributed by atoms with Crippen LogP contribution >= 0.6 is 0 Å². The fourth-order valence-electron chi connectivity index (χ4n) is 10.5. The Kier molecular flexibility index (Phi) is 6.62. The van der Waals surface area contributed by atoms with E-state index in [0.717, 1.165) is 0 Å². The van der Waals surface area contributed by atoms with Gasteiger partial charge in [-0.15, -0.1) is 0 Å². The van der Waals surface area contributed by atoms with Gasteiger partial charge in [0.15, 0.2) is 0 Å². The van der Waals surface area contributed by atoms with Gasteiger partial charge < -0.3 is 4.90 Å². The van der Waals surface area contributed by atoms with Crippen LogP contribution in [-0.2, 0) is 10.8 Å². The van der Waals surface area contributed by atoms with Gasteiger partial charge >= 0.3 is 0 Å². The second-order valence-electron chi connectivity index (χ2n) is 16.1. The summed E-state index contributed by atoms with van der Waals surface area (Å²) in [6, 6.07) is 61.7. The quantitative estimate of drug-likeness (QED) is 0.178. The van der Waals surface area contributed by atoms with Gasteiger partial charge in [-0.3, -0.25) is 0 Å². The van der Waals surface area contributed by atoms with Gasteiger partial charge in [-0.1, -0.05) is 179 Å². The Bertz CT molecular complexity index is 2660. The van der Waals surface area contributed by atoms with Crippen LogP contribution in [0.25, 0.3) is 39.0 Å². The molecule has 54 heavy (non-hydrogen) atoms.